The molecule has 2 heterocycles. The normalized spacial score (nSPS) is 11.0. The van der Waals surface area contributed by atoms with Gasteiger partial charge in [0.2, 0.25) is 11.8 Å². The average molecular weight is 371 g/mol. The Kier molecular flexibility index (Phi) is 4.84. The van der Waals surface area contributed by atoms with Crippen molar-refractivity contribution in [1.29, 1.82) is 0 Å². The van der Waals surface area contributed by atoms with E-state index in [-0.39, 0.29) is 5.91 Å². The summed E-state index contributed by atoms with van der Waals surface area (Å²) in [6.45, 7) is 0. The molecule has 2 aromatic heterocycles. The first-order valence-corrected chi connectivity index (χ1v) is 8.65. The van der Waals surface area contributed by atoms with Crippen molar-refractivity contribution in [2.75, 3.05) is 12.4 Å². The Bertz CT molecular complexity index is 1150. The van der Waals surface area contributed by atoms with Crippen LogP contribution in [0.3, 0.4) is 0 Å². The van der Waals surface area contributed by atoms with Crippen molar-refractivity contribution < 1.29 is 13.9 Å². The number of anilines is 1. The van der Waals surface area contributed by atoms with Crippen molar-refractivity contribution in [2.24, 2.45) is 0 Å². The SMILES string of the molecule is COc1cccc(/C=C/C(=O)Nc2ccc3nc(-c4ccncc4)oc3c2)c1. The highest BCUT2D eigenvalue weighted by atomic mass is 16.5. The number of ether oxygens (including phenoxy) is 1. The molecule has 4 rings (SSSR count). The van der Waals surface area contributed by atoms with Gasteiger partial charge in [0.25, 0.3) is 0 Å². The molecule has 6 nitrogen and oxygen atoms in total. The summed E-state index contributed by atoms with van der Waals surface area (Å²) >= 11 is 0. The van der Waals surface area contributed by atoms with E-state index in [0.717, 1.165) is 22.4 Å². The van der Waals surface area contributed by atoms with E-state index in [9.17, 15) is 4.79 Å². The molecule has 0 saturated heterocycles. The van der Waals surface area contributed by atoms with Gasteiger partial charge in [-0.1, -0.05) is 12.1 Å². The molecule has 0 unspecified atom stereocenters. The lowest BCUT2D eigenvalue weighted by Gasteiger charge is -2.02. The molecule has 138 valence electrons. The average Bonchev–Trinajstić information content (AvgIpc) is 3.16. The van der Waals surface area contributed by atoms with Gasteiger partial charge in [-0.05, 0) is 48.0 Å². The second-order valence-electron chi connectivity index (χ2n) is 6.04. The molecule has 28 heavy (non-hydrogen) atoms. The maximum atomic E-state index is 12.2. The summed E-state index contributed by atoms with van der Waals surface area (Å²) in [5, 5.41) is 2.83. The maximum Gasteiger partial charge on any atom is 0.248 e. The van der Waals surface area contributed by atoms with E-state index in [2.05, 4.69) is 15.3 Å². The van der Waals surface area contributed by atoms with E-state index in [1.807, 2.05) is 42.5 Å². The molecule has 4 aromatic rings. The van der Waals surface area contributed by atoms with Gasteiger partial charge >= 0.3 is 0 Å². The highest BCUT2D eigenvalue weighted by Crippen LogP contribution is 2.26. The van der Waals surface area contributed by atoms with Gasteiger partial charge in [0, 0.05) is 35.8 Å². The van der Waals surface area contributed by atoms with Crippen LogP contribution in [0.1, 0.15) is 5.56 Å². The van der Waals surface area contributed by atoms with Gasteiger partial charge in [0.05, 0.1) is 7.11 Å². The van der Waals surface area contributed by atoms with E-state index < -0.39 is 0 Å². The number of methoxy groups -OCH3 is 1. The molecule has 1 N–H and O–H groups in total. The van der Waals surface area contributed by atoms with Crippen LogP contribution < -0.4 is 10.1 Å². The van der Waals surface area contributed by atoms with Gasteiger partial charge in [0.1, 0.15) is 11.3 Å². The number of nitrogens with zero attached hydrogens (tertiary/aromatic N) is 2. The van der Waals surface area contributed by atoms with Crippen LogP contribution in [-0.4, -0.2) is 23.0 Å². The molecule has 0 saturated carbocycles. The van der Waals surface area contributed by atoms with Crippen LogP contribution in [0.25, 0.3) is 28.6 Å². The number of nitrogens with one attached hydrogen (secondary N) is 1. The van der Waals surface area contributed by atoms with Crippen molar-refractivity contribution in [3.05, 3.63) is 78.6 Å². The number of benzene rings is 2. The van der Waals surface area contributed by atoms with Gasteiger partial charge < -0.3 is 14.5 Å². The summed E-state index contributed by atoms with van der Waals surface area (Å²) < 4.78 is 11.0. The number of rotatable bonds is 5. The van der Waals surface area contributed by atoms with Gasteiger partial charge in [-0.3, -0.25) is 9.78 Å². The number of hydrogen-bond acceptors (Lipinski definition) is 5. The van der Waals surface area contributed by atoms with Crippen LogP contribution in [0.2, 0.25) is 0 Å². The maximum absolute atomic E-state index is 12.2. The molecule has 0 bridgehead atoms. The van der Waals surface area contributed by atoms with E-state index in [1.165, 1.54) is 6.08 Å². The van der Waals surface area contributed by atoms with E-state index in [4.69, 9.17) is 9.15 Å². The van der Waals surface area contributed by atoms with Crippen molar-refractivity contribution in [1.82, 2.24) is 9.97 Å². The number of carbonyl (C=O) groups excluding carboxylic acids is 1. The van der Waals surface area contributed by atoms with Crippen LogP contribution in [0.15, 0.2) is 77.5 Å². The molecule has 2 aromatic carbocycles. The third kappa shape index (κ3) is 3.91. The molecule has 0 aliphatic rings. The lowest BCUT2D eigenvalue weighted by Crippen LogP contribution is -2.07. The number of carbonyl (C=O) groups is 1. The Balaban J connectivity index is 1.49. The summed E-state index contributed by atoms with van der Waals surface area (Å²) in [6.07, 6.45) is 6.57. The molecule has 6 heteroatoms. The topological polar surface area (TPSA) is 77.2 Å². The Morgan fingerprint density at radius 2 is 1.96 bits per heavy atom. The molecular weight excluding hydrogens is 354 g/mol. The number of aromatic nitrogens is 2. The fourth-order valence-electron chi connectivity index (χ4n) is 2.72. The zero-order valence-corrected chi connectivity index (χ0v) is 15.1. The van der Waals surface area contributed by atoms with E-state index >= 15 is 0 Å². The summed E-state index contributed by atoms with van der Waals surface area (Å²) in [4.78, 5) is 20.7. The number of pyridine rings is 1. The Hall–Kier alpha value is -3.93. The third-order valence-electron chi connectivity index (χ3n) is 4.10. The molecule has 0 spiro atoms. The monoisotopic (exact) mass is 371 g/mol. The van der Waals surface area contributed by atoms with Gasteiger partial charge in [-0.15, -0.1) is 0 Å². The van der Waals surface area contributed by atoms with Crippen molar-refractivity contribution in [3.8, 4) is 17.2 Å². The van der Waals surface area contributed by atoms with Crippen molar-refractivity contribution >= 4 is 28.8 Å². The number of hydrogen-bond donors (Lipinski definition) is 1. The predicted octanol–water partition coefficient (Wildman–Crippen LogP) is 4.55. The fourth-order valence-corrected chi connectivity index (χ4v) is 2.72. The van der Waals surface area contributed by atoms with E-state index in [0.29, 0.717) is 17.2 Å². The van der Waals surface area contributed by atoms with Crippen LogP contribution >= 0.6 is 0 Å². The number of oxazole rings is 1. The Morgan fingerprint density at radius 3 is 2.79 bits per heavy atom. The summed E-state index contributed by atoms with van der Waals surface area (Å²) in [7, 11) is 1.61. The minimum absolute atomic E-state index is 0.240. The molecule has 0 aliphatic heterocycles. The molecule has 0 fully saturated rings. The first-order valence-electron chi connectivity index (χ1n) is 8.65. The van der Waals surface area contributed by atoms with Crippen LogP contribution in [0, 0.1) is 0 Å². The molecule has 1 amide bonds. The summed E-state index contributed by atoms with van der Waals surface area (Å²) in [5.74, 6) is 1.01. The Labute approximate surface area is 161 Å². The van der Waals surface area contributed by atoms with E-state index in [1.54, 1.807) is 37.7 Å². The zero-order valence-electron chi connectivity index (χ0n) is 15.1. The third-order valence-corrected chi connectivity index (χ3v) is 4.10. The molecule has 0 atom stereocenters. The fraction of sp³-hybridized carbons (Fsp3) is 0.0455. The summed E-state index contributed by atoms with van der Waals surface area (Å²) in [6, 6.07) is 16.5. The summed E-state index contributed by atoms with van der Waals surface area (Å²) in [5.41, 5.74) is 3.67. The van der Waals surface area contributed by atoms with Crippen LogP contribution in [0.4, 0.5) is 5.69 Å². The quantitative estimate of drug-likeness (QED) is 0.521. The lowest BCUT2D eigenvalue weighted by molar-refractivity contribution is -0.111. The van der Waals surface area contributed by atoms with Gasteiger partial charge in [-0.2, -0.15) is 0 Å². The molecule has 0 aliphatic carbocycles. The standard InChI is InChI=1S/C22H17N3O3/c1-27-18-4-2-3-15(13-18)5-8-21(26)24-17-6-7-19-20(14-17)28-22(25-19)16-9-11-23-12-10-16/h2-14H,1H3,(H,24,26)/b8-5+. The van der Waals surface area contributed by atoms with Gasteiger partial charge in [-0.25, -0.2) is 4.98 Å². The van der Waals surface area contributed by atoms with Crippen LogP contribution in [0.5, 0.6) is 5.75 Å². The largest absolute Gasteiger partial charge is 0.497 e. The number of fused-ring (bicyclic) bond motifs is 1. The van der Waals surface area contributed by atoms with Crippen molar-refractivity contribution in [3.63, 3.8) is 0 Å². The number of amides is 1. The molecule has 0 radical (unpaired) electrons. The first-order chi connectivity index (χ1) is 13.7. The minimum atomic E-state index is -0.240. The van der Waals surface area contributed by atoms with Gasteiger partial charge in [0.15, 0.2) is 5.58 Å². The predicted molar refractivity (Wildman–Crippen MR) is 108 cm³/mol. The highest BCUT2D eigenvalue weighted by molar-refractivity contribution is 6.02. The zero-order chi connectivity index (χ0) is 19.3. The minimum Gasteiger partial charge on any atom is -0.497 e. The first kappa shape index (κ1) is 17.5. The molecular formula is C22H17N3O3. The smallest absolute Gasteiger partial charge is 0.248 e. The second kappa shape index (κ2) is 7.75. The highest BCUT2D eigenvalue weighted by Gasteiger charge is 2.09. The lowest BCUT2D eigenvalue weighted by atomic mass is 10.2. The van der Waals surface area contributed by atoms with Crippen molar-refractivity contribution in [2.45, 2.75) is 0 Å². The Morgan fingerprint density at radius 1 is 1.11 bits per heavy atom. The second-order valence-corrected chi connectivity index (χ2v) is 6.04. The van der Waals surface area contributed by atoms with Crippen LogP contribution in [-0.2, 0) is 4.79 Å².